The Morgan fingerprint density at radius 1 is 1.32 bits per heavy atom. The monoisotopic (exact) mass is 310 g/mol. The molecule has 22 heavy (non-hydrogen) atoms. The fourth-order valence-electron chi connectivity index (χ4n) is 3.24. The van der Waals surface area contributed by atoms with Crippen LogP contribution in [0.3, 0.4) is 0 Å². The van der Waals surface area contributed by atoms with Crippen LogP contribution in [-0.4, -0.2) is 45.4 Å². The van der Waals surface area contributed by atoms with Gasteiger partial charge in [-0.05, 0) is 33.1 Å². The van der Waals surface area contributed by atoms with Crippen LogP contribution in [0.5, 0.6) is 0 Å². The normalized spacial score (nSPS) is 29.8. The van der Waals surface area contributed by atoms with Crippen molar-refractivity contribution in [1.29, 1.82) is 0 Å². The van der Waals surface area contributed by atoms with Gasteiger partial charge < -0.3 is 0 Å². The fraction of sp³-hybridized carbons (Fsp3) is 0.667. The van der Waals surface area contributed by atoms with Gasteiger partial charge in [-0.15, -0.1) is 0 Å². The molecule has 120 valence electrons. The molecule has 0 radical (unpaired) electrons. The number of aryl methyl sites for hydroxylation is 1. The van der Waals surface area contributed by atoms with Gasteiger partial charge >= 0.3 is 0 Å². The lowest BCUT2D eigenvalue weighted by Crippen LogP contribution is -2.49. The summed E-state index contributed by atoms with van der Waals surface area (Å²) in [6.07, 6.45) is 2.12. The maximum atomic E-state index is 13.5. The molecule has 2 aliphatic heterocycles. The van der Waals surface area contributed by atoms with E-state index in [4.69, 9.17) is 0 Å². The van der Waals surface area contributed by atoms with E-state index in [-0.39, 0.29) is 12.5 Å². The van der Waals surface area contributed by atoms with Gasteiger partial charge in [-0.1, -0.05) is 0 Å². The van der Waals surface area contributed by atoms with Crippen LogP contribution in [0.4, 0.5) is 8.78 Å². The molecule has 0 aliphatic carbocycles. The minimum Gasteiger partial charge on any atom is -0.273 e. The molecule has 0 N–H and O–H groups in total. The van der Waals surface area contributed by atoms with Gasteiger partial charge in [-0.25, -0.2) is 13.8 Å². The molecular formula is C15H20F2N4O. The first-order chi connectivity index (χ1) is 10.4. The van der Waals surface area contributed by atoms with Crippen molar-refractivity contribution in [2.75, 3.05) is 13.1 Å². The largest absolute Gasteiger partial charge is 0.273 e. The molecule has 1 unspecified atom stereocenters. The Labute approximate surface area is 128 Å². The molecule has 1 aromatic rings. The van der Waals surface area contributed by atoms with Gasteiger partial charge in [0.25, 0.3) is 6.43 Å². The zero-order valence-electron chi connectivity index (χ0n) is 12.8. The van der Waals surface area contributed by atoms with Crippen molar-refractivity contribution in [3.63, 3.8) is 0 Å². The zero-order valence-corrected chi connectivity index (χ0v) is 12.8. The third kappa shape index (κ3) is 2.37. The van der Waals surface area contributed by atoms with Crippen LogP contribution in [0.15, 0.2) is 12.4 Å². The molecule has 1 aromatic heterocycles. The highest BCUT2D eigenvalue weighted by molar-refractivity contribution is 5.83. The molecule has 2 aliphatic rings. The highest BCUT2D eigenvalue weighted by Crippen LogP contribution is 2.42. The first-order valence-electron chi connectivity index (χ1n) is 7.58. The SMILES string of the molecule is Cc1cnc([C@@H]2CCN3CCCC(C)(C(F)F)C(=O)N23)cn1. The molecule has 7 heteroatoms. The summed E-state index contributed by atoms with van der Waals surface area (Å²) >= 11 is 0. The number of carbonyl (C=O) groups is 1. The minimum atomic E-state index is -2.66. The van der Waals surface area contributed by atoms with Gasteiger partial charge in [0.1, 0.15) is 5.41 Å². The summed E-state index contributed by atoms with van der Waals surface area (Å²) in [4.78, 5) is 21.3. The Morgan fingerprint density at radius 3 is 2.73 bits per heavy atom. The summed E-state index contributed by atoms with van der Waals surface area (Å²) in [5.41, 5.74) is -0.159. The van der Waals surface area contributed by atoms with Gasteiger partial charge in [0.05, 0.1) is 23.6 Å². The Balaban J connectivity index is 1.95. The van der Waals surface area contributed by atoms with Gasteiger partial charge in [0.15, 0.2) is 0 Å². The number of fused-ring (bicyclic) bond motifs is 1. The molecule has 3 rings (SSSR count). The number of hydrogen-bond donors (Lipinski definition) is 0. The van der Waals surface area contributed by atoms with Gasteiger partial charge in [-0.2, -0.15) is 0 Å². The maximum absolute atomic E-state index is 13.5. The Hall–Kier alpha value is -1.63. The van der Waals surface area contributed by atoms with E-state index in [0.717, 1.165) is 5.69 Å². The topological polar surface area (TPSA) is 49.3 Å². The average molecular weight is 310 g/mol. The fourth-order valence-corrected chi connectivity index (χ4v) is 3.24. The summed E-state index contributed by atoms with van der Waals surface area (Å²) in [6, 6.07) is -0.295. The Kier molecular flexibility index (Phi) is 3.84. The molecule has 1 amide bonds. The van der Waals surface area contributed by atoms with Crippen molar-refractivity contribution in [2.45, 2.75) is 45.6 Å². The lowest BCUT2D eigenvalue weighted by atomic mass is 9.84. The first kappa shape index (κ1) is 15.3. The van der Waals surface area contributed by atoms with Crippen molar-refractivity contribution in [3.05, 3.63) is 23.8 Å². The highest BCUT2D eigenvalue weighted by atomic mass is 19.3. The summed E-state index contributed by atoms with van der Waals surface area (Å²) in [5.74, 6) is -0.495. The summed E-state index contributed by atoms with van der Waals surface area (Å²) < 4.78 is 27.0. The van der Waals surface area contributed by atoms with E-state index in [1.54, 1.807) is 12.4 Å². The predicted molar refractivity (Wildman–Crippen MR) is 75.9 cm³/mol. The molecule has 2 atom stereocenters. The molecule has 0 saturated carbocycles. The number of alkyl halides is 2. The molecule has 2 saturated heterocycles. The number of aromatic nitrogens is 2. The van der Waals surface area contributed by atoms with Crippen LogP contribution in [-0.2, 0) is 4.79 Å². The lowest BCUT2D eigenvalue weighted by molar-refractivity contribution is -0.164. The minimum absolute atomic E-state index is 0.211. The molecule has 0 bridgehead atoms. The number of carbonyl (C=O) groups excluding carboxylic acids is 1. The first-order valence-corrected chi connectivity index (χ1v) is 7.58. The number of hydrogen-bond acceptors (Lipinski definition) is 4. The summed E-state index contributed by atoms with van der Waals surface area (Å²) in [7, 11) is 0. The number of rotatable bonds is 2. The Morgan fingerprint density at radius 2 is 2.09 bits per heavy atom. The van der Waals surface area contributed by atoms with E-state index in [9.17, 15) is 13.6 Å². The van der Waals surface area contributed by atoms with Crippen molar-refractivity contribution in [1.82, 2.24) is 20.0 Å². The third-order valence-corrected chi connectivity index (χ3v) is 4.69. The lowest BCUT2D eigenvalue weighted by Gasteiger charge is -2.35. The van der Waals surface area contributed by atoms with Crippen LogP contribution >= 0.6 is 0 Å². The molecule has 3 heterocycles. The molecular weight excluding hydrogens is 290 g/mol. The number of halogens is 2. The molecule has 2 fully saturated rings. The Bertz CT molecular complexity index is 565. The predicted octanol–water partition coefficient (Wildman–Crippen LogP) is 2.34. The van der Waals surface area contributed by atoms with Crippen molar-refractivity contribution in [2.24, 2.45) is 5.41 Å². The zero-order chi connectivity index (χ0) is 15.9. The maximum Gasteiger partial charge on any atom is 0.252 e. The number of nitrogens with zero attached hydrogens (tertiary/aromatic N) is 4. The molecule has 0 spiro atoms. The highest BCUT2D eigenvalue weighted by Gasteiger charge is 2.51. The summed E-state index contributed by atoms with van der Waals surface area (Å²) in [6.45, 7) is 4.53. The van der Waals surface area contributed by atoms with Crippen LogP contribution in [0.25, 0.3) is 0 Å². The quantitative estimate of drug-likeness (QED) is 0.841. The standard InChI is InChI=1S/C15H20F2N4O/c1-10-8-19-11(9-18-10)12-4-7-20-6-3-5-15(2,13(16)17)14(22)21(12)20/h8-9,12-13H,3-7H2,1-2H3/t12-,15?/m0/s1. The van der Waals surface area contributed by atoms with E-state index in [0.29, 0.717) is 31.6 Å². The van der Waals surface area contributed by atoms with Crippen LogP contribution < -0.4 is 0 Å². The second-order valence-electron chi connectivity index (χ2n) is 6.31. The van der Waals surface area contributed by atoms with E-state index >= 15 is 0 Å². The van der Waals surface area contributed by atoms with Crippen molar-refractivity contribution in [3.8, 4) is 0 Å². The van der Waals surface area contributed by atoms with Crippen LogP contribution in [0.1, 0.15) is 43.6 Å². The molecule has 0 aromatic carbocycles. The van der Waals surface area contributed by atoms with E-state index in [1.807, 2.05) is 11.9 Å². The van der Waals surface area contributed by atoms with Crippen LogP contribution in [0, 0.1) is 12.3 Å². The van der Waals surface area contributed by atoms with Crippen molar-refractivity contribution >= 4 is 5.91 Å². The average Bonchev–Trinajstić information content (AvgIpc) is 2.85. The second-order valence-corrected chi connectivity index (χ2v) is 6.31. The van der Waals surface area contributed by atoms with Gasteiger partial charge in [0, 0.05) is 19.3 Å². The van der Waals surface area contributed by atoms with Crippen LogP contribution in [0.2, 0.25) is 0 Å². The van der Waals surface area contributed by atoms with E-state index in [1.165, 1.54) is 11.9 Å². The summed E-state index contributed by atoms with van der Waals surface area (Å²) in [5, 5.41) is 3.40. The number of amides is 1. The third-order valence-electron chi connectivity index (χ3n) is 4.69. The second kappa shape index (κ2) is 5.53. The van der Waals surface area contributed by atoms with Crippen molar-refractivity contribution < 1.29 is 13.6 Å². The van der Waals surface area contributed by atoms with E-state index in [2.05, 4.69) is 9.97 Å². The smallest absolute Gasteiger partial charge is 0.252 e. The molecule has 5 nitrogen and oxygen atoms in total. The van der Waals surface area contributed by atoms with Gasteiger partial charge in [-0.3, -0.25) is 19.8 Å². The number of hydrazine groups is 1. The van der Waals surface area contributed by atoms with E-state index < -0.39 is 17.7 Å². The van der Waals surface area contributed by atoms with Gasteiger partial charge in [0.2, 0.25) is 5.91 Å².